The van der Waals surface area contributed by atoms with Gasteiger partial charge in [0, 0.05) is 16.9 Å². The van der Waals surface area contributed by atoms with Crippen molar-refractivity contribution in [2.24, 2.45) is 16.6 Å². The van der Waals surface area contributed by atoms with Crippen molar-refractivity contribution < 1.29 is 14.3 Å². The lowest BCUT2D eigenvalue weighted by molar-refractivity contribution is -0.118. The summed E-state index contributed by atoms with van der Waals surface area (Å²) in [5.41, 5.74) is 9.91. The van der Waals surface area contributed by atoms with Crippen LogP contribution < -0.4 is 10.5 Å². The number of rotatable bonds is 8. The standard InChI is InChI=1S/C30H24Cl2N2O3/c1-18(2)30(36)24(29(33)28-25(31)6-4-7-26(28)32)16-37-22-12-9-19(10-13-22)20-11-14-23-21(15-20)5-3-8-27(23)34-17-35/h3-15,18H,16,33H2,1-2H3. The normalized spacial score (nSPS) is 11.7. The average molecular weight is 531 g/mol. The lowest BCUT2D eigenvalue weighted by atomic mass is 9.97. The number of nitrogens with zero attached hydrogens (tertiary/aromatic N) is 1. The Bertz CT molecular complexity index is 1530. The highest BCUT2D eigenvalue weighted by Crippen LogP contribution is 2.33. The van der Waals surface area contributed by atoms with E-state index in [4.69, 9.17) is 33.7 Å². The van der Waals surface area contributed by atoms with Gasteiger partial charge in [0.25, 0.3) is 0 Å². The van der Waals surface area contributed by atoms with Gasteiger partial charge in [-0.2, -0.15) is 4.99 Å². The summed E-state index contributed by atoms with van der Waals surface area (Å²) in [6, 6.07) is 24.1. The molecule has 4 aromatic carbocycles. The molecule has 186 valence electrons. The molecule has 0 spiro atoms. The van der Waals surface area contributed by atoms with Crippen LogP contribution in [0.1, 0.15) is 19.4 Å². The molecule has 0 atom stereocenters. The first-order valence-corrected chi connectivity index (χ1v) is 12.4. The molecule has 5 nitrogen and oxygen atoms in total. The van der Waals surface area contributed by atoms with Crippen molar-refractivity contribution >= 4 is 57.2 Å². The minimum absolute atomic E-state index is 0.0280. The molecule has 4 aromatic rings. The maximum absolute atomic E-state index is 13.0. The third-order valence-electron chi connectivity index (χ3n) is 5.97. The number of aliphatic imine (C=N–C) groups is 1. The van der Waals surface area contributed by atoms with E-state index in [1.165, 1.54) is 0 Å². The van der Waals surface area contributed by atoms with Crippen LogP contribution in [-0.2, 0) is 9.59 Å². The molecule has 37 heavy (non-hydrogen) atoms. The highest BCUT2D eigenvalue weighted by molar-refractivity contribution is 6.37. The van der Waals surface area contributed by atoms with Crippen LogP contribution in [0.15, 0.2) is 89.4 Å². The lowest BCUT2D eigenvalue weighted by Gasteiger charge is -2.16. The summed E-state index contributed by atoms with van der Waals surface area (Å²) >= 11 is 12.7. The Morgan fingerprint density at radius 3 is 2.24 bits per heavy atom. The second-order valence-corrected chi connectivity index (χ2v) is 9.55. The Balaban J connectivity index is 1.59. The Kier molecular flexibility index (Phi) is 8.10. The van der Waals surface area contributed by atoms with E-state index in [0.717, 1.165) is 21.9 Å². The quantitative estimate of drug-likeness (QED) is 0.143. The van der Waals surface area contributed by atoms with Gasteiger partial charge in [0.15, 0.2) is 5.78 Å². The number of nitrogens with two attached hydrogens (primary N) is 1. The molecule has 0 unspecified atom stereocenters. The second-order valence-electron chi connectivity index (χ2n) is 8.74. The molecule has 0 amide bonds. The van der Waals surface area contributed by atoms with Gasteiger partial charge in [-0.1, -0.05) is 79.5 Å². The first-order valence-electron chi connectivity index (χ1n) is 11.6. The van der Waals surface area contributed by atoms with E-state index < -0.39 is 0 Å². The van der Waals surface area contributed by atoms with E-state index >= 15 is 0 Å². The molecule has 0 saturated heterocycles. The van der Waals surface area contributed by atoms with E-state index in [1.54, 1.807) is 44.2 Å². The lowest BCUT2D eigenvalue weighted by Crippen LogP contribution is -2.21. The molecule has 0 aliphatic heterocycles. The molecular formula is C30H24Cl2N2O3. The van der Waals surface area contributed by atoms with Gasteiger partial charge in [-0.25, -0.2) is 4.79 Å². The summed E-state index contributed by atoms with van der Waals surface area (Å²) < 4.78 is 5.97. The smallest absolute Gasteiger partial charge is 0.240 e. The molecule has 0 heterocycles. The van der Waals surface area contributed by atoms with Gasteiger partial charge in [0.1, 0.15) is 12.4 Å². The van der Waals surface area contributed by atoms with Crippen LogP contribution in [-0.4, -0.2) is 18.5 Å². The van der Waals surface area contributed by atoms with Crippen LogP contribution in [0.5, 0.6) is 5.75 Å². The maximum Gasteiger partial charge on any atom is 0.240 e. The predicted molar refractivity (Wildman–Crippen MR) is 150 cm³/mol. The highest BCUT2D eigenvalue weighted by Gasteiger charge is 2.21. The first kappa shape index (κ1) is 26.2. The van der Waals surface area contributed by atoms with Gasteiger partial charge in [-0.05, 0) is 52.9 Å². The highest BCUT2D eigenvalue weighted by atomic mass is 35.5. The van der Waals surface area contributed by atoms with Crippen molar-refractivity contribution in [3.05, 3.63) is 100 Å². The van der Waals surface area contributed by atoms with Gasteiger partial charge in [0.2, 0.25) is 6.08 Å². The Morgan fingerprint density at radius 1 is 0.946 bits per heavy atom. The first-order chi connectivity index (χ1) is 17.8. The molecule has 0 aliphatic rings. The van der Waals surface area contributed by atoms with Crippen molar-refractivity contribution in [2.45, 2.75) is 13.8 Å². The van der Waals surface area contributed by atoms with Crippen LogP contribution in [0.25, 0.3) is 27.6 Å². The monoisotopic (exact) mass is 530 g/mol. The summed E-state index contributed by atoms with van der Waals surface area (Å²) in [4.78, 5) is 27.5. The van der Waals surface area contributed by atoms with Gasteiger partial charge in [0.05, 0.1) is 27.0 Å². The zero-order valence-corrected chi connectivity index (χ0v) is 21.8. The summed E-state index contributed by atoms with van der Waals surface area (Å²) in [5.74, 6) is 0.158. The van der Waals surface area contributed by atoms with E-state index in [1.807, 2.05) is 54.6 Å². The third kappa shape index (κ3) is 5.76. The fourth-order valence-corrected chi connectivity index (χ4v) is 4.63. The molecule has 0 fully saturated rings. The van der Waals surface area contributed by atoms with Crippen molar-refractivity contribution in [1.29, 1.82) is 0 Å². The Hall–Kier alpha value is -3.89. The number of Topliss-reactive ketones (excluding diaryl/α,β-unsaturated/α-hetero) is 1. The topological polar surface area (TPSA) is 81.8 Å². The van der Waals surface area contributed by atoms with Gasteiger partial charge >= 0.3 is 0 Å². The average Bonchev–Trinajstić information content (AvgIpc) is 2.89. The van der Waals surface area contributed by atoms with Gasteiger partial charge < -0.3 is 10.5 Å². The molecule has 4 rings (SSSR count). The van der Waals surface area contributed by atoms with Gasteiger partial charge in [-0.3, -0.25) is 4.79 Å². The molecule has 0 saturated carbocycles. The van der Waals surface area contributed by atoms with Crippen molar-refractivity contribution in [3.8, 4) is 16.9 Å². The Morgan fingerprint density at radius 2 is 1.59 bits per heavy atom. The predicted octanol–water partition coefficient (Wildman–Crippen LogP) is 7.75. The van der Waals surface area contributed by atoms with Crippen LogP contribution in [0.4, 0.5) is 5.69 Å². The van der Waals surface area contributed by atoms with Crippen molar-refractivity contribution in [1.82, 2.24) is 0 Å². The molecule has 7 heteroatoms. The van der Waals surface area contributed by atoms with E-state index in [9.17, 15) is 9.59 Å². The van der Waals surface area contributed by atoms with Crippen LogP contribution in [0.3, 0.4) is 0 Å². The number of isocyanates is 1. The molecule has 0 aliphatic carbocycles. The number of fused-ring (bicyclic) bond motifs is 1. The largest absolute Gasteiger partial charge is 0.489 e. The van der Waals surface area contributed by atoms with Crippen molar-refractivity contribution in [3.63, 3.8) is 0 Å². The van der Waals surface area contributed by atoms with Crippen LogP contribution >= 0.6 is 23.2 Å². The number of hydrogen-bond donors (Lipinski definition) is 1. The van der Waals surface area contributed by atoms with Crippen molar-refractivity contribution in [2.75, 3.05) is 6.61 Å². The maximum atomic E-state index is 13.0. The fraction of sp³-hybridized carbons (Fsp3) is 0.133. The number of ketones is 1. The summed E-state index contributed by atoms with van der Waals surface area (Å²) in [7, 11) is 0. The fourth-order valence-electron chi connectivity index (χ4n) is 4.03. The van der Waals surface area contributed by atoms with E-state index in [0.29, 0.717) is 32.6 Å². The number of benzene rings is 4. The molecule has 2 N–H and O–H groups in total. The summed E-state index contributed by atoms with van der Waals surface area (Å²) in [6.45, 7) is 3.58. The number of halogens is 2. The molecule has 0 bridgehead atoms. The molecule has 0 aromatic heterocycles. The van der Waals surface area contributed by atoms with E-state index in [-0.39, 0.29) is 24.0 Å². The molecule has 0 radical (unpaired) electrons. The minimum atomic E-state index is -0.286. The van der Waals surface area contributed by atoms with Gasteiger partial charge in [-0.15, -0.1) is 0 Å². The number of ether oxygens (including phenoxy) is 1. The Labute approximate surface area is 225 Å². The zero-order valence-electron chi connectivity index (χ0n) is 20.3. The molecular weight excluding hydrogens is 507 g/mol. The summed E-state index contributed by atoms with van der Waals surface area (Å²) in [6.07, 6.45) is 1.60. The van der Waals surface area contributed by atoms with E-state index in [2.05, 4.69) is 4.99 Å². The van der Waals surface area contributed by atoms with Crippen LogP contribution in [0.2, 0.25) is 10.0 Å². The second kappa shape index (κ2) is 11.4. The van der Waals surface area contributed by atoms with Crippen LogP contribution in [0, 0.1) is 5.92 Å². The summed E-state index contributed by atoms with van der Waals surface area (Å²) in [5, 5.41) is 2.57. The number of carbonyl (C=O) groups is 1. The number of carbonyl (C=O) groups excluding carboxylic acids is 2. The zero-order chi connectivity index (χ0) is 26.5. The third-order valence-corrected chi connectivity index (χ3v) is 6.60. The SMILES string of the molecule is CC(C)C(=O)C(COc1ccc(-c2ccc3c(N=C=O)cccc3c2)cc1)=C(N)c1c(Cl)cccc1Cl. The minimum Gasteiger partial charge on any atom is -0.489 e. The number of hydrogen-bond acceptors (Lipinski definition) is 5.